The highest BCUT2D eigenvalue weighted by molar-refractivity contribution is 7.99. The number of aromatic nitrogens is 4. The third-order valence-electron chi connectivity index (χ3n) is 2.58. The number of thioether (sulfide) groups is 1. The van der Waals surface area contributed by atoms with Crippen LogP contribution in [0.4, 0.5) is 5.69 Å². The molecular weight excluding hydrogens is 310 g/mol. The molecule has 2 aromatic rings. The number of pyridine rings is 1. The van der Waals surface area contributed by atoms with Gasteiger partial charge in [-0.2, -0.15) is 0 Å². The second-order valence-electron chi connectivity index (χ2n) is 4.11. The summed E-state index contributed by atoms with van der Waals surface area (Å²) in [5.74, 6) is 0.814. The lowest BCUT2D eigenvalue weighted by Crippen LogP contribution is -2.15. The van der Waals surface area contributed by atoms with Gasteiger partial charge in [0.25, 0.3) is 0 Å². The quantitative estimate of drug-likeness (QED) is 0.502. The number of carbonyl (C=O) groups is 1. The van der Waals surface area contributed by atoms with E-state index in [4.69, 9.17) is 11.6 Å². The Morgan fingerprint density at radius 1 is 1.57 bits per heavy atom. The number of rotatable bonds is 6. The number of halogens is 1. The van der Waals surface area contributed by atoms with Crippen LogP contribution < -0.4 is 5.32 Å². The maximum Gasteiger partial charge on any atom is 0.234 e. The summed E-state index contributed by atoms with van der Waals surface area (Å²) in [6.45, 7) is 6.16. The second kappa shape index (κ2) is 7.24. The third kappa shape index (κ3) is 4.05. The Balaban J connectivity index is 1.96. The van der Waals surface area contributed by atoms with Crippen molar-refractivity contribution in [1.29, 1.82) is 0 Å². The van der Waals surface area contributed by atoms with Gasteiger partial charge in [-0.05, 0) is 19.1 Å². The van der Waals surface area contributed by atoms with Crippen LogP contribution in [0.1, 0.15) is 5.82 Å². The molecule has 0 radical (unpaired) electrons. The molecule has 0 unspecified atom stereocenters. The highest BCUT2D eigenvalue weighted by Gasteiger charge is 2.12. The number of amides is 1. The Hall–Kier alpha value is -1.86. The number of allylic oxidation sites excluding steroid dienone is 1. The van der Waals surface area contributed by atoms with Gasteiger partial charge in [0.15, 0.2) is 10.3 Å². The molecule has 0 aromatic carbocycles. The van der Waals surface area contributed by atoms with Gasteiger partial charge in [-0.15, -0.1) is 16.8 Å². The van der Waals surface area contributed by atoms with Crippen LogP contribution in [0.3, 0.4) is 0 Å². The van der Waals surface area contributed by atoms with Crippen molar-refractivity contribution >= 4 is 35.0 Å². The Kier molecular flexibility index (Phi) is 5.35. The molecule has 0 aliphatic heterocycles. The largest absolute Gasteiger partial charge is 0.323 e. The first-order valence-electron chi connectivity index (χ1n) is 6.15. The van der Waals surface area contributed by atoms with Gasteiger partial charge in [0, 0.05) is 12.7 Å². The van der Waals surface area contributed by atoms with Crippen molar-refractivity contribution < 1.29 is 4.79 Å². The number of nitrogens with one attached hydrogen (secondary N) is 1. The van der Waals surface area contributed by atoms with Gasteiger partial charge in [0.05, 0.1) is 11.4 Å². The maximum absolute atomic E-state index is 11.9. The molecule has 0 aliphatic rings. The van der Waals surface area contributed by atoms with E-state index in [0.29, 0.717) is 17.4 Å². The van der Waals surface area contributed by atoms with Gasteiger partial charge in [0.2, 0.25) is 5.91 Å². The molecule has 1 N–H and O–H groups in total. The van der Waals surface area contributed by atoms with E-state index >= 15 is 0 Å². The average molecular weight is 324 g/mol. The van der Waals surface area contributed by atoms with Gasteiger partial charge in [-0.3, -0.25) is 4.79 Å². The number of hydrogen-bond acceptors (Lipinski definition) is 5. The zero-order chi connectivity index (χ0) is 15.2. The third-order valence-corrected chi connectivity index (χ3v) is 3.85. The SMILES string of the molecule is C=CCn1c(C)nnc1SCC(=O)Nc1cccnc1Cl. The predicted octanol–water partition coefficient (Wildman–Crippen LogP) is 2.55. The molecule has 8 heteroatoms. The van der Waals surface area contributed by atoms with E-state index in [0.717, 1.165) is 5.82 Å². The molecule has 6 nitrogen and oxygen atoms in total. The Morgan fingerprint density at radius 3 is 3.10 bits per heavy atom. The summed E-state index contributed by atoms with van der Waals surface area (Å²) < 4.78 is 1.89. The molecule has 0 atom stereocenters. The zero-order valence-corrected chi connectivity index (χ0v) is 13.0. The summed E-state index contributed by atoms with van der Waals surface area (Å²) in [6.07, 6.45) is 3.32. The van der Waals surface area contributed by atoms with Crippen molar-refractivity contribution in [1.82, 2.24) is 19.7 Å². The highest BCUT2D eigenvalue weighted by atomic mass is 35.5. The lowest BCUT2D eigenvalue weighted by atomic mass is 10.4. The lowest BCUT2D eigenvalue weighted by molar-refractivity contribution is -0.113. The minimum atomic E-state index is -0.180. The van der Waals surface area contributed by atoms with E-state index in [1.165, 1.54) is 11.8 Å². The van der Waals surface area contributed by atoms with E-state index in [1.807, 2.05) is 11.5 Å². The number of nitrogens with zero attached hydrogens (tertiary/aromatic N) is 4. The fraction of sp³-hybridized carbons (Fsp3) is 0.231. The fourth-order valence-electron chi connectivity index (χ4n) is 1.60. The molecule has 0 aliphatic carbocycles. The van der Waals surface area contributed by atoms with E-state index in [-0.39, 0.29) is 16.8 Å². The molecule has 2 heterocycles. The standard InChI is InChI=1S/C13H14ClN5OS/c1-3-7-19-9(2)17-18-13(19)21-8-11(20)16-10-5-4-6-15-12(10)14/h3-6H,1,7-8H2,2H3,(H,16,20). The number of aryl methyl sites for hydroxylation is 1. The molecule has 2 aromatic heterocycles. The van der Waals surface area contributed by atoms with Crippen molar-refractivity contribution in [2.24, 2.45) is 0 Å². The minimum absolute atomic E-state index is 0.180. The summed E-state index contributed by atoms with van der Waals surface area (Å²) in [6, 6.07) is 3.40. The van der Waals surface area contributed by atoms with Crippen LogP contribution in [0, 0.1) is 6.92 Å². The van der Waals surface area contributed by atoms with Crippen molar-refractivity contribution in [2.45, 2.75) is 18.6 Å². The molecule has 0 saturated heterocycles. The van der Waals surface area contributed by atoms with Gasteiger partial charge < -0.3 is 9.88 Å². The van der Waals surface area contributed by atoms with E-state index < -0.39 is 0 Å². The van der Waals surface area contributed by atoms with Crippen LogP contribution in [0.25, 0.3) is 0 Å². The zero-order valence-electron chi connectivity index (χ0n) is 11.4. The van der Waals surface area contributed by atoms with Crippen molar-refractivity contribution in [2.75, 3.05) is 11.1 Å². The normalized spacial score (nSPS) is 10.4. The molecule has 0 bridgehead atoms. The summed E-state index contributed by atoms with van der Waals surface area (Å²) in [5, 5.41) is 11.7. The van der Waals surface area contributed by atoms with Crippen LogP contribution in [0.5, 0.6) is 0 Å². The van der Waals surface area contributed by atoms with Crippen molar-refractivity contribution in [3.05, 3.63) is 42.0 Å². The van der Waals surface area contributed by atoms with Gasteiger partial charge in [0.1, 0.15) is 5.82 Å². The smallest absolute Gasteiger partial charge is 0.234 e. The average Bonchev–Trinajstić information content (AvgIpc) is 2.81. The number of anilines is 1. The van der Waals surface area contributed by atoms with E-state index in [2.05, 4.69) is 27.1 Å². The van der Waals surface area contributed by atoms with Gasteiger partial charge in [-0.25, -0.2) is 4.98 Å². The van der Waals surface area contributed by atoms with Crippen LogP contribution in [0.15, 0.2) is 36.1 Å². The Labute approximate surface area is 131 Å². The van der Waals surface area contributed by atoms with Crippen LogP contribution in [-0.4, -0.2) is 31.4 Å². The number of carbonyl (C=O) groups excluding carboxylic acids is 1. The van der Waals surface area contributed by atoms with Gasteiger partial charge in [-0.1, -0.05) is 29.4 Å². The first-order valence-corrected chi connectivity index (χ1v) is 7.52. The van der Waals surface area contributed by atoms with E-state index in [9.17, 15) is 4.79 Å². The molecule has 0 fully saturated rings. The Bertz CT molecular complexity index is 658. The molecular formula is C13H14ClN5OS. The molecule has 2 rings (SSSR count). The summed E-state index contributed by atoms with van der Waals surface area (Å²) in [7, 11) is 0. The van der Waals surface area contributed by atoms with Crippen LogP contribution in [0.2, 0.25) is 5.15 Å². The van der Waals surface area contributed by atoms with Crippen LogP contribution in [-0.2, 0) is 11.3 Å². The molecule has 110 valence electrons. The summed E-state index contributed by atoms with van der Waals surface area (Å²) >= 11 is 7.19. The molecule has 21 heavy (non-hydrogen) atoms. The van der Waals surface area contributed by atoms with Crippen LogP contribution >= 0.6 is 23.4 Å². The summed E-state index contributed by atoms with van der Waals surface area (Å²) in [4.78, 5) is 15.8. The second-order valence-corrected chi connectivity index (χ2v) is 5.41. The predicted molar refractivity (Wildman–Crippen MR) is 83.6 cm³/mol. The monoisotopic (exact) mass is 323 g/mol. The molecule has 0 spiro atoms. The topological polar surface area (TPSA) is 72.7 Å². The highest BCUT2D eigenvalue weighted by Crippen LogP contribution is 2.20. The van der Waals surface area contributed by atoms with Crippen molar-refractivity contribution in [3.63, 3.8) is 0 Å². The minimum Gasteiger partial charge on any atom is -0.323 e. The first kappa shape index (κ1) is 15.5. The first-order chi connectivity index (χ1) is 10.1. The molecule has 0 saturated carbocycles. The van der Waals surface area contributed by atoms with Crippen molar-refractivity contribution in [3.8, 4) is 0 Å². The lowest BCUT2D eigenvalue weighted by Gasteiger charge is -2.07. The van der Waals surface area contributed by atoms with Gasteiger partial charge >= 0.3 is 0 Å². The molecule has 1 amide bonds. The summed E-state index contributed by atoms with van der Waals surface area (Å²) in [5.41, 5.74) is 0.494. The maximum atomic E-state index is 11.9. The Morgan fingerprint density at radius 2 is 2.38 bits per heavy atom. The fourth-order valence-corrected chi connectivity index (χ4v) is 2.56. The van der Waals surface area contributed by atoms with E-state index in [1.54, 1.807) is 24.4 Å². The number of hydrogen-bond donors (Lipinski definition) is 1.